The Kier molecular flexibility index (Phi) is 7.78. The van der Waals surface area contributed by atoms with Gasteiger partial charge in [0.15, 0.2) is 0 Å². The van der Waals surface area contributed by atoms with Crippen molar-refractivity contribution >= 4 is 7.82 Å². The summed E-state index contributed by atoms with van der Waals surface area (Å²) in [6.45, 7) is 3.68. The first-order chi connectivity index (χ1) is 9.53. The van der Waals surface area contributed by atoms with Gasteiger partial charge >= 0.3 is 7.82 Å². The number of rotatable bonds is 10. The van der Waals surface area contributed by atoms with Crippen LogP contribution in [0.4, 0.5) is 0 Å². The topological polar surface area (TPSA) is 66.8 Å². The number of benzene rings is 1. The van der Waals surface area contributed by atoms with Crippen molar-refractivity contribution in [3.63, 3.8) is 0 Å². The second-order valence-electron chi connectivity index (χ2n) is 4.78. The van der Waals surface area contributed by atoms with Gasteiger partial charge in [0, 0.05) is 0 Å². The number of phosphoric acid groups is 1. The molecule has 20 heavy (non-hydrogen) atoms. The van der Waals surface area contributed by atoms with E-state index in [1.807, 2.05) is 36.4 Å². The second-order valence-corrected chi connectivity index (χ2v) is 5.97. The van der Waals surface area contributed by atoms with Gasteiger partial charge < -0.3 is 9.79 Å². The molecule has 0 aromatic heterocycles. The van der Waals surface area contributed by atoms with Crippen LogP contribution in [0.2, 0.25) is 0 Å². The third-order valence-corrected chi connectivity index (χ3v) is 3.59. The molecule has 2 N–H and O–H groups in total. The summed E-state index contributed by atoms with van der Waals surface area (Å²) in [6, 6.07) is 9.22. The van der Waals surface area contributed by atoms with Crippen molar-refractivity contribution in [2.45, 2.75) is 44.6 Å². The Bertz CT molecular complexity index is 427. The number of hydrogen-bond donors (Lipinski definition) is 2. The number of phosphoric ester groups is 1. The van der Waals surface area contributed by atoms with Crippen LogP contribution in [0.15, 0.2) is 43.0 Å². The molecule has 0 radical (unpaired) electrons. The van der Waals surface area contributed by atoms with Gasteiger partial charge in [-0.3, -0.25) is 4.52 Å². The van der Waals surface area contributed by atoms with Crippen LogP contribution in [-0.4, -0.2) is 9.79 Å². The molecule has 0 fully saturated rings. The molecule has 1 rings (SSSR count). The molecule has 112 valence electrons. The van der Waals surface area contributed by atoms with Gasteiger partial charge in [0.25, 0.3) is 0 Å². The fourth-order valence-corrected chi connectivity index (χ4v) is 2.64. The highest BCUT2D eigenvalue weighted by Crippen LogP contribution is 2.44. The maximum atomic E-state index is 11.1. The zero-order chi connectivity index (χ0) is 14.8. The summed E-state index contributed by atoms with van der Waals surface area (Å²) >= 11 is 0. The summed E-state index contributed by atoms with van der Waals surface area (Å²) < 4.78 is 16.0. The van der Waals surface area contributed by atoms with Gasteiger partial charge in [0.1, 0.15) is 0 Å². The Morgan fingerprint density at radius 2 is 1.80 bits per heavy atom. The van der Waals surface area contributed by atoms with Gasteiger partial charge in [0.2, 0.25) is 0 Å². The summed E-state index contributed by atoms with van der Waals surface area (Å²) in [5.74, 6) is 0. The predicted molar refractivity (Wildman–Crippen MR) is 80.2 cm³/mol. The molecule has 5 heteroatoms. The van der Waals surface area contributed by atoms with Crippen molar-refractivity contribution in [1.82, 2.24) is 0 Å². The highest BCUT2D eigenvalue weighted by Gasteiger charge is 2.23. The maximum absolute atomic E-state index is 11.1. The standard InChI is InChI=1S/C15H23O4P/c1-2-3-4-5-6-10-13-15(19-20(16,17)18)14-11-8-7-9-12-14/h2,7-9,11-12,15H,1,3-6,10,13H2,(H2,16,17,18). The van der Waals surface area contributed by atoms with Gasteiger partial charge in [-0.05, 0) is 24.8 Å². The largest absolute Gasteiger partial charge is 0.470 e. The van der Waals surface area contributed by atoms with E-state index in [-0.39, 0.29) is 0 Å². The van der Waals surface area contributed by atoms with Crippen molar-refractivity contribution < 1.29 is 18.9 Å². The molecule has 0 bridgehead atoms. The average molecular weight is 298 g/mol. The molecule has 0 aliphatic carbocycles. The lowest BCUT2D eigenvalue weighted by Gasteiger charge is -2.18. The van der Waals surface area contributed by atoms with Gasteiger partial charge in [-0.15, -0.1) is 6.58 Å². The minimum Gasteiger partial charge on any atom is -0.303 e. The molecule has 1 atom stereocenters. The van der Waals surface area contributed by atoms with E-state index in [0.717, 1.165) is 37.7 Å². The molecular weight excluding hydrogens is 275 g/mol. The Labute approximate surface area is 120 Å². The third-order valence-electron chi connectivity index (χ3n) is 3.06. The van der Waals surface area contributed by atoms with Crippen LogP contribution >= 0.6 is 7.82 Å². The first-order valence-corrected chi connectivity index (χ1v) is 8.46. The molecule has 0 saturated carbocycles. The summed E-state index contributed by atoms with van der Waals surface area (Å²) in [5, 5.41) is 0. The van der Waals surface area contributed by atoms with Gasteiger partial charge in [0.05, 0.1) is 6.10 Å². The Hall–Kier alpha value is -0.930. The monoisotopic (exact) mass is 298 g/mol. The molecule has 1 aromatic rings. The second kappa shape index (κ2) is 9.09. The number of allylic oxidation sites excluding steroid dienone is 1. The summed E-state index contributed by atoms with van der Waals surface area (Å²) in [4.78, 5) is 18.0. The van der Waals surface area contributed by atoms with Gasteiger partial charge in [-0.2, -0.15) is 0 Å². The van der Waals surface area contributed by atoms with Crippen LogP contribution in [0.3, 0.4) is 0 Å². The van der Waals surface area contributed by atoms with E-state index in [2.05, 4.69) is 6.58 Å². The number of unbranched alkanes of at least 4 members (excludes halogenated alkanes) is 4. The first kappa shape index (κ1) is 17.1. The molecule has 0 amide bonds. The van der Waals surface area contributed by atoms with Crippen LogP contribution in [0.25, 0.3) is 0 Å². The molecule has 0 heterocycles. The molecule has 0 aliphatic heterocycles. The van der Waals surface area contributed by atoms with Crippen molar-refractivity contribution in [2.24, 2.45) is 0 Å². The minimum absolute atomic E-state index is 0.545. The molecule has 0 saturated heterocycles. The molecular formula is C15H23O4P. The van der Waals surface area contributed by atoms with E-state index in [1.54, 1.807) is 0 Å². The average Bonchev–Trinajstić information content (AvgIpc) is 2.41. The predicted octanol–water partition coefficient (Wildman–Crippen LogP) is 4.36. The zero-order valence-corrected chi connectivity index (χ0v) is 12.5. The Balaban J connectivity index is 2.47. The van der Waals surface area contributed by atoms with Gasteiger partial charge in [-0.1, -0.05) is 55.7 Å². The minimum atomic E-state index is -4.47. The van der Waals surface area contributed by atoms with Crippen molar-refractivity contribution in [1.29, 1.82) is 0 Å². The Morgan fingerprint density at radius 1 is 1.15 bits per heavy atom. The van der Waals surface area contributed by atoms with E-state index >= 15 is 0 Å². The molecule has 4 nitrogen and oxygen atoms in total. The van der Waals surface area contributed by atoms with Crippen LogP contribution in [0.5, 0.6) is 0 Å². The zero-order valence-electron chi connectivity index (χ0n) is 11.6. The van der Waals surface area contributed by atoms with Crippen LogP contribution < -0.4 is 0 Å². The van der Waals surface area contributed by atoms with E-state index in [0.29, 0.717) is 6.42 Å². The van der Waals surface area contributed by atoms with Gasteiger partial charge in [-0.25, -0.2) is 4.57 Å². The van der Waals surface area contributed by atoms with Crippen molar-refractivity contribution in [2.75, 3.05) is 0 Å². The SMILES string of the molecule is C=CCCCCCCC(OP(=O)(O)O)c1ccccc1. The van der Waals surface area contributed by atoms with Crippen molar-refractivity contribution in [3.8, 4) is 0 Å². The fraction of sp³-hybridized carbons (Fsp3) is 0.467. The van der Waals surface area contributed by atoms with Crippen LogP contribution in [0, 0.1) is 0 Å². The molecule has 1 unspecified atom stereocenters. The van der Waals surface area contributed by atoms with E-state index in [1.165, 1.54) is 0 Å². The highest BCUT2D eigenvalue weighted by molar-refractivity contribution is 7.46. The quantitative estimate of drug-likeness (QED) is 0.382. The van der Waals surface area contributed by atoms with E-state index < -0.39 is 13.9 Å². The summed E-state index contributed by atoms with van der Waals surface area (Å²) in [7, 11) is -4.47. The normalized spacial score (nSPS) is 13.1. The molecule has 0 spiro atoms. The highest BCUT2D eigenvalue weighted by atomic mass is 31.2. The smallest absolute Gasteiger partial charge is 0.303 e. The van der Waals surface area contributed by atoms with Crippen LogP contribution in [0.1, 0.15) is 50.2 Å². The lowest BCUT2D eigenvalue weighted by molar-refractivity contribution is 0.125. The Morgan fingerprint density at radius 3 is 2.40 bits per heavy atom. The summed E-state index contributed by atoms with van der Waals surface area (Å²) in [5.41, 5.74) is 0.807. The molecule has 0 aliphatic rings. The third kappa shape index (κ3) is 7.61. The van der Waals surface area contributed by atoms with Crippen LogP contribution in [-0.2, 0) is 9.09 Å². The maximum Gasteiger partial charge on any atom is 0.470 e. The number of hydrogen-bond acceptors (Lipinski definition) is 2. The first-order valence-electron chi connectivity index (χ1n) is 6.92. The lowest BCUT2D eigenvalue weighted by atomic mass is 10.0. The van der Waals surface area contributed by atoms with E-state index in [4.69, 9.17) is 14.3 Å². The lowest BCUT2D eigenvalue weighted by Crippen LogP contribution is -2.03. The fourth-order valence-electron chi connectivity index (χ4n) is 2.09. The molecule has 1 aromatic carbocycles. The summed E-state index contributed by atoms with van der Waals surface area (Å²) in [6.07, 6.45) is 7.12. The van der Waals surface area contributed by atoms with E-state index in [9.17, 15) is 4.57 Å². The van der Waals surface area contributed by atoms with Crippen molar-refractivity contribution in [3.05, 3.63) is 48.6 Å².